The van der Waals surface area contributed by atoms with E-state index < -0.39 is 0 Å². The minimum Gasteiger partial charge on any atom is -0.311 e. The molecule has 0 aromatic heterocycles. The number of hydrogen-bond acceptors (Lipinski definition) is 1. The van der Waals surface area contributed by atoms with Crippen LogP contribution in [0.4, 0.5) is 0 Å². The quantitative estimate of drug-likeness (QED) is 0.634. The first-order valence-corrected chi connectivity index (χ1v) is 4.35. The fourth-order valence-corrected chi connectivity index (χ4v) is 1.98. The Hall–Kier alpha value is -0.0400. The molecular weight excluding hydrogens is 122 g/mol. The summed E-state index contributed by atoms with van der Waals surface area (Å²) in [7, 11) is 0. The second kappa shape index (κ2) is 2.54. The molecule has 1 fully saturated rings. The summed E-state index contributed by atoms with van der Waals surface area (Å²) in [5.41, 5.74) is 0.489. The van der Waals surface area contributed by atoms with E-state index in [2.05, 4.69) is 33.0 Å². The Balaban J connectivity index is 2.33. The van der Waals surface area contributed by atoms with E-state index in [1.165, 1.54) is 6.42 Å². The first kappa shape index (κ1) is 8.06. The fraction of sp³-hybridized carbons (Fsp3) is 1.00. The average Bonchev–Trinajstić information content (AvgIpc) is 2.43. The summed E-state index contributed by atoms with van der Waals surface area (Å²) < 4.78 is 0. The Morgan fingerprint density at radius 1 is 1.60 bits per heavy atom. The number of hydrogen-bond donors (Lipinski definition) is 1. The molecule has 2 atom stereocenters. The van der Waals surface area contributed by atoms with Crippen molar-refractivity contribution in [3.05, 3.63) is 0 Å². The number of nitrogens with one attached hydrogen (secondary N) is 1. The van der Waals surface area contributed by atoms with Crippen LogP contribution in [0, 0.1) is 11.8 Å². The van der Waals surface area contributed by atoms with Gasteiger partial charge in [-0.2, -0.15) is 0 Å². The highest BCUT2D eigenvalue weighted by atomic mass is 15.0. The zero-order valence-electron chi connectivity index (χ0n) is 7.57. The predicted octanol–water partition coefficient (Wildman–Crippen LogP) is 2.03. The molecule has 0 bridgehead atoms. The molecule has 0 spiro atoms. The third kappa shape index (κ3) is 1.34. The molecule has 1 N–H and O–H groups in total. The van der Waals surface area contributed by atoms with Gasteiger partial charge in [0, 0.05) is 5.54 Å². The zero-order chi connectivity index (χ0) is 7.78. The molecule has 0 aromatic rings. The van der Waals surface area contributed by atoms with Crippen LogP contribution in [0.5, 0.6) is 0 Å². The van der Waals surface area contributed by atoms with Crippen LogP contribution in [-0.2, 0) is 0 Å². The van der Waals surface area contributed by atoms with Crippen molar-refractivity contribution in [3.8, 4) is 0 Å². The summed E-state index contributed by atoms with van der Waals surface area (Å²) in [6, 6.07) is 0. The van der Waals surface area contributed by atoms with Gasteiger partial charge in [-0.15, -0.1) is 0 Å². The third-order valence-corrected chi connectivity index (χ3v) is 2.69. The number of rotatable bonds is 3. The lowest BCUT2D eigenvalue weighted by molar-refractivity contribution is 0.436. The maximum Gasteiger partial charge on any atom is 0.0187 e. The second-order valence-corrected chi connectivity index (χ2v) is 4.00. The van der Waals surface area contributed by atoms with Crippen molar-refractivity contribution >= 4 is 0 Å². The molecule has 0 radical (unpaired) electrons. The van der Waals surface area contributed by atoms with Gasteiger partial charge in [0.05, 0.1) is 0 Å². The normalized spacial score (nSPS) is 38.7. The van der Waals surface area contributed by atoms with E-state index in [9.17, 15) is 0 Å². The van der Waals surface area contributed by atoms with E-state index in [4.69, 9.17) is 0 Å². The molecule has 0 heterocycles. The van der Waals surface area contributed by atoms with Crippen molar-refractivity contribution in [2.45, 2.75) is 39.7 Å². The van der Waals surface area contributed by atoms with E-state index in [1.54, 1.807) is 0 Å². The molecule has 2 unspecified atom stereocenters. The highest BCUT2D eigenvalue weighted by Gasteiger charge is 2.50. The van der Waals surface area contributed by atoms with Crippen molar-refractivity contribution in [1.82, 2.24) is 5.32 Å². The molecule has 60 valence electrons. The molecule has 10 heavy (non-hydrogen) atoms. The Kier molecular flexibility index (Phi) is 2.04. The minimum absolute atomic E-state index is 0.489. The Morgan fingerprint density at radius 3 is 2.50 bits per heavy atom. The van der Waals surface area contributed by atoms with Gasteiger partial charge in [0.25, 0.3) is 0 Å². The van der Waals surface area contributed by atoms with Crippen LogP contribution in [0.15, 0.2) is 0 Å². The highest BCUT2D eigenvalue weighted by molar-refractivity contribution is 5.07. The standard InChI is InChI=1S/C9H19N/c1-5-10-9(4)6-8(9)7(2)3/h7-8,10H,5-6H2,1-4H3. The van der Waals surface area contributed by atoms with Crippen molar-refractivity contribution in [3.63, 3.8) is 0 Å². The average molecular weight is 141 g/mol. The Bertz CT molecular complexity index is 120. The highest BCUT2D eigenvalue weighted by Crippen LogP contribution is 2.47. The van der Waals surface area contributed by atoms with Gasteiger partial charge in [0.2, 0.25) is 0 Å². The molecule has 1 aliphatic rings. The summed E-state index contributed by atoms with van der Waals surface area (Å²) in [5, 5.41) is 3.53. The van der Waals surface area contributed by atoms with Crippen LogP contribution in [0.1, 0.15) is 34.1 Å². The second-order valence-electron chi connectivity index (χ2n) is 4.00. The van der Waals surface area contributed by atoms with Gasteiger partial charge in [-0.25, -0.2) is 0 Å². The van der Waals surface area contributed by atoms with Crippen molar-refractivity contribution < 1.29 is 0 Å². The Labute approximate surface area is 64.2 Å². The van der Waals surface area contributed by atoms with E-state index in [1.807, 2.05) is 0 Å². The summed E-state index contributed by atoms with van der Waals surface area (Å²) in [5.74, 6) is 1.77. The first-order valence-electron chi connectivity index (χ1n) is 4.35. The molecule has 1 aliphatic carbocycles. The molecule has 1 nitrogen and oxygen atoms in total. The van der Waals surface area contributed by atoms with Gasteiger partial charge in [-0.1, -0.05) is 20.8 Å². The zero-order valence-corrected chi connectivity index (χ0v) is 7.57. The summed E-state index contributed by atoms with van der Waals surface area (Å²) in [6.07, 6.45) is 1.37. The van der Waals surface area contributed by atoms with E-state index >= 15 is 0 Å². The SMILES string of the molecule is CCNC1(C)CC1C(C)C. The molecule has 0 aromatic carbocycles. The minimum atomic E-state index is 0.489. The molecular formula is C9H19N. The largest absolute Gasteiger partial charge is 0.311 e. The molecule has 1 heteroatoms. The molecule has 1 rings (SSSR count). The molecule has 0 aliphatic heterocycles. The monoisotopic (exact) mass is 141 g/mol. The van der Waals surface area contributed by atoms with Crippen LogP contribution in [-0.4, -0.2) is 12.1 Å². The maximum atomic E-state index is 3.53. The van der Waals surface area contributed by atoms with E-state index in [-0.39, 0.29) is 0 Å². The van der Waals surface area contributed by atoms with Crippen molar-refractivity contribution in [2.24, 2.45) is 11.8 Å². The summed E-state index contributed by atoms with van der Waals surface area (Å²) >= 11 is 0. The Morgan fingerprint density at radius 2 is 2.20 bits per heavy atom. The van der Waals surface area contributed by atoms with Gasteiger partial charge < -0.3 is 5.32 Å². The lowest BCUT2D eigenvalue weighted by Crippen LogP contribution is -2.30. The van der Waals surface area contributed by atoms with Gasteiger partial charge in [-0.05, 0) is 31.7 Å². The summed E-state index contributed by atoms with van der Waals surface area (Å²) in [6.45, 7) is 10.3. The van der Waals surface area contributed by atoms with Crippen molar-refractivity contribution in [1.29, 1.82) is 0 Å². The lowest BCUT2D eigenvalue weighted by atomic mass is 10.1. The van der Waals surface area contributed by atoms with Crippen LogP contribution in [0.2, 0.25) is 0 Å². The van der Waals surface area contributed by atoms with Gasteiger partial charge >= 0.3 is 0 Å². The van der Waals surface area contributed by atoms with Gasteiger partial charge in [0.1, 0.15) is 0 Å². The van der Waals surface area contributed by atoms with Crippen LogP contribution in [0.3, 0.4) is 0 Å². The van der Waals surface area contributed by atoms with Crippen LogP contribution >= 0.6 is 0 Å². The van der Waals surface area contributed by atoms with Gasteiger partial charge in [-0.3, -0.25) is 0 Å². The van der Waals surface area contributed by atoms with Gasteiger partial charge in [0.15, 0.2) is 0 Å². The lowest BCUT2D eigenvalue weighted by Gasteiger charge is -2.13. The maximum absolute atomic E-state index is 3.53. The predicted molar refractivity (Wildman–Crippen MR) is 45.0 cm³/mol. The first-order chi connectivity index (χ1) is 4.60. The summed E-state index contributed by atoms with van der Waals surface area (Å²) in [4.78, 5) is 0. The van der Waals surface area contributed by atoms with Crippen LogP contribution in [0.25, 0.3) is 0 Å². The molecule has 1 saturated carbocycles. The smallest absolute Gasteiger partial charge is 0.0187 e. The van der Waals surface area contributed by atoms with Crippen molar-refractivity contribution in [2.75, 3.05) is 6.54 Å². The van der Waals surface area contributed by atoms with E-state index in [0.717, 1.165) is 18.4 Å². The fourth-order valence-electron chi connectivity index (χ4n) is 1.98. The van der Waals surface area contributed by atoms with Crippen LogP contribution < -0.4 is 5.32 Å². The van der Waals surface area contributed by atoms with E-state index in [0.29, 0.717) is 5.54 Å². The molecule has 0 saturated heterocycles. The third-order valence-electron chi connectivity index (χ3n) is 2.69. The molecule has 0 amide bonds. The topological polar surface area (TPSA) is 12.0 Å².